The van der Waals surface area contributed by atoms with Gasteiger partial charge >= 0.3 is 5.97 Å². The first-order chi connectivity index (χ1) is 6.89. The zero-order valence-corrected chi connectivity index (χ0v) is 9.11. The molecule has 4 nitrogen and oxygen atoms in total. The summed E-state index contributed by atoms with van der Waals surface area (Å²) in [6.07, 6.45) is 3.32. The van der Waals surface area contributed by atoms with Crippen LogP contribution in [0.3, 0.4) is 0 Å². The van der Waals surface area contributed by atoms with Gasteiger partial charge in [0, 0.05) is 6.20 Å². The molecule has 0 aliphatic carbocycles. The van der Waals surface area contributed by atoms with Crippen LogP contribution < -0.4 is 0 Å². The van der Waals surface area contributed by atoms with Crippen molar-refractivity contribution in [2.24, 2.45) is 0 Å². The average Bonchev–Trinajstić information content (AvgIpc) is 2.51. The van der Waals surface area contributed by atoms with Crippen LogP contribution in [0, 0.1) is 11.8 Å². The lowest BCUT2D eigenvalue weighted by Gasteiger charge is -2.18. The van der Waals surface area contributed by atoms with Gasteiger partial charge < -0.3 is 5.11 Å². The van der Waals surface area contributed by atoms with E-state index in [1.54, 1.807) is 10.9 Å². The van der Waals surface area contributed by atoms with Gasteiger partial charge in [0.05, 0.1) is 17.3 Å². The second-order valence-electron chi connectivity index (χ2n) is 4.22. The molecule has 0 fully saturated rings. The summed E-state index contributed by atoms with van der Waals surface area (Å²) in [6.45, 7) is 6.11. The number of carboxylic acids is 1. The molecule has 0 saturated carbocycles. The largest absolute Gasteiger partial charge is 0.481 e. The maximum atomic E-state index is 10.2. The maximum Gasteiger partial charge on any atom is 0.315 e. The second kappa shape index (κ2) is 4.18. The third-order valence-electron chi connectivity index (χ3n) is 1.74. The van der Waals surface area contributed by atoms with E-state index in [9.17, 15) is 4.79 Å². The molecule has 1 N–H and O–H groups in total. The molecule has 0 aliphatic rings. The highest BCUT2D eigenvalue weighted by Crippen LogP contribution is 2.12. The van der Waals surface area contributed by atoms with Gasteiger partial charge in [0.2, 0.25) is 0 Å². The van der Waals surface area contributed by atoms with E-state index in [0.717, 1.165) is 5.56 Å². The Balaban J connectivity index is 2.76. The number of hydrogen-bond acceptors (Lipinski definition) is 2. The molecular formula is C11H14N2O2. The lowest BCUT2D eigenvalue weighted by atomic mass is 10.1. The van der Waals surface area contributed by atoms with Gasteiger partial charge in [0.25, 0.3) is 0 Å². The molecule has 0 atom stereocenters. The summed E-state index contributed by atoms with van der Waals surface area (Å²) in [4.78, 5) is 10.2. The molecule has 1 aromatic heterocycles. The van der Waals surface area contributed by atoms with Crippen LogP contribution in [0.5, 0.6) is 0 Å². The number of aliphatic carboxylic acids is 1. The molecule has 1 rings (SSSR count). The third-order valence-corrected chi connectivity index (χ3v) is 1.74. The highest BCUT2D eigenvalue weighted by atomic mass is 16.4. The molecule has 0 saturated heterocycles. The van der Waals surface area contributed by atoms with Crippen LogP contribution in [0.25, 0.3) is 0 Å². The van der Waals surface area contributed by atoms with Crippen molar-refractivity contribution in [3.8, 4) is 11.8 Å². The molecule has 80 valence electrons. The van der Waals surface area contributed by atoms with E-state index in [0.29, 0.717) is 0 Å². The summed E-state index contributed by atoms with van der Waals surface area (Å²) in [5.41, 5.74) is 0.665. The quantitative estimate of drug-likeness (QED) is 0.708. The van der Waals surface area contributed by atoms with E-state index in [-0.39, 0.29) is 12.0 Å². The van der Waals surface area contributed by atoms with Crippen LogP contribution in [0.2, 0.25) is 0 Å². The van der Waals surface area contributed by atoms with Crippen molar-refractivity contribution < 1.29 is 9.90 Å². The molecule has 0 bridgehead atoms. The van der Waals surface area contributed by atoms with Crippen LogP contribution in [-0.2, 0) is 10.3 Å². The minimum atomic E-state index is -0.911. The minimum Gasteiger partial charge on any atom is -0.481 e. The Hall–Kier alpha value is -1.76. The van der Waals surface area contributed by atoms with Crippen molar-refractivity contribution in [1.29, 1.82) is 0 Å². The molecule has 1 aromatic rings. The summed E-state index contributed by atoms with van der Waals surface area (Å²) in [5, 5.41) is 12.6. The Bertz CT molecular complexity index is 416. The van der Waals surface area contributed by atoms with Gasteiger partial charge in [-0.25, -0.2) is 0 Å². The van der Waals surface area contributed by atoms with Gasteiger partial charge in [-0.05, 0) is 20.8 Å². The number of carboxylic acid groups (broad SMARTS) is 1. The van der Waals surface area contributed by atoms with Crippen molar-refractivity contribution >= 4 is 5.97 Å². The first-order valence-electron chi connectivity index (χ1n) is 4.65. The number of nitrogens with zero attached hydrogens (tertiary/aromatic N) is 2. The molecular weight excluding hydrogens is 192 g/mol. The van der Waals surface area contributed by atoms with Crippen LogP contribution in [0.15, 0.2) is 12.4 Å². The van der Waals surface area contributed by atoms with Gasteiger partial charge in [-0.15, -0.1) is 0 Å². The molecule has 0 aliphatic heterocycles. The molecule has 1 heterocycles. The third kappa shape index (κ3) is 3.47. The van der Waals surface area contributed by atoms with Gasteiger partial charge in [0.15, 0.2) is 0 Å². The number of hydrogen-bond donors (Lipinski definition) is 1. The first kappa shape index (κ1) is 11.3. The fourth-order valence-electron chi connectivity index (χ4n) is 0.976. The molecule has 4 heteroatoms. The van der Waals surface area contributed by atoms with E-state index < -0.39 is 5.97 Å². The minimum absolute atomic E-state index is 0.0767. The topological polar surface area (TPSA) is 55.1 Å². The Morgan fingerprint density at radius 3 is 2.73 bits per heavy atom. The zero-order valence-electron chi connectivity index (χ0n) is 9.11. The Morgan fingerprint density at radius 2 is 2.27 bits per heavy atom. The highest BCUT2D eigenvalue weighted by Gasteiger charge is 2.12. The van der Waals surface area contributed by atoms with Crippen molar-refractivity contribution in [3.05, 3.63) is 18.0 Å². The number of rotatable bonds is 1. The Morgan fingerprint density at radius 1 is 1.60 bits per heavy atom. The van der Waals surface area contributed by atoms with Crippen molar-refractivity contribution in [2.45, 2.75) is 32.7 Å². The highest BCUT2D eigenvalue weighted by molar-refractivity contribution is 5.70. The predicted molar refractivity (Wildman–Crippen MR) is 56.4 cm³/mol. The van der Waals surface area contributed by atoms with Crippen LogP contribution in [0.1, 0.15) is 32.8 Å². The fraction of sp³-hybridized carbons (Fsp3) is 0.455. The molecule has 0 aromatic carbocycles. The molecule has 0 amide bonds. The van der Waals surface area contributed by atoms with E-state index in [1.165, 1.54) is 0 Å². The summed E-state index contributed by atoms with van der Waals surface area (Å²) >= 11 is 0. The summed E-state index contributed by atoms with van der Waals surface area (Å²) in [7, 11) is 0. The summed E-state index contributed by atoms with van der Waals surface area (Å²) in [6, 6.07) is 0. The predicted octanol–water partition coefficient (Wildman–Crippen LogP) is 1.46. The smallest absolute Gasteiger partial charge is 0.315 e. The molecule has 0 unspecified atom stereocenters. The maximum absolute atomic E-state index is 10.2. The fourth-order valence-corrected chi connectivity index (χ4v) is 0.976. The van der Waals surface area contributed by atoms with E-state index >= 15 is 0 Å². The van der Waals surface area contributed by atoms with Crippen LogP contribution in [-0.4, -0.2) is 20.9 Å². The number of aromatic nitrogens is 2. The standard InChI is InChI=1S/C11H14N2O2/c1-11(2,3)13-8-9(7-12-13)5-4-6-10(14)15/h7-8H,6H2,1-3H3,(H,14,15). The van der Waals surface area contributed by atoms with E-state index in [1.807, 2.05) is 27.0 Å². The first-order valence-corrected chi connectivity index (χ1v) is 4.65. The normalized spacial score (nSPS) is 10.6. The van der Waals surface area contributed by atoms with Gasteiger partial charge in [0.1, 0.15) is 6.42 Å². The van der Waals surface area contributed by atoms with Gasteiger partial charge in [-0.2, -0.15) is 5.10 Å². The van der Waals surface area contributed by atoms with Crippen LogP contribution in [0.4, 0.5) is 0 Å². The summed E-state index contributed by atoms with van der Waals surface area (Å²) in [5.74, 6) is 4.41. The Labute approximate surface area is 88.9 Å². The van der Waals surface area contributed by atoms with Crippen molar-refractivity contribution in [3.63, 3.8) is 0 Å². The van der Waals surface area contributed by atoms with Crippen LogP contribution >= 0.6 is 0 Å². The van der Waals surface area contributed by atoms with E-state index in [2.05, 4.69) is 16.9 Å². The monoisotopic (exact) mass is 206 g/mol. The second-order valence-corrected chi connectivity index (χ2v) is 4.22. The number of carbonyl (C=O) groups is 1. The molecule has 0 spiro atoms. The lowest BCUT2D eigenvalue weighted by molar-refractivity contribution is -0.135. The average molecular weight is 206 g/mol. The molecule has 0 radical (unpaired) electrons. The SMILES string of the molecule is CC(C)(C)n1cc(C#CCC(=O)O)cn1. The van der Waals surface area contributed by atoms with Crippen molar-refractivity contribution in [2.75, 3.05) is 0 Å². The van der Waals surface area contributed by atoms with Gasteiger partial charge in [-0.3, -0.25) is 9.48 Å². The molecule has 15 heavy (non-hydrogen) atoms. The Kier molecular flexibility index (Phi) is 3.15. The lowest BCUT2D eigenvalue weighted by Crippen LogP contribution is -2.21. The van der Waals surface area contributed by atoms with Crippen molar-refractivity contribution in [1.82, 2.24) is 9.78 Å². The summed E-state index contributed by atoms with van der Waals surface area (Å²) < 4.78 is 1.80. The van der Waals surface area contributed by atoms with Gasteiger partial charge in [-0.1, -0.05) is 11.8 Å². The van der Waals surface area contributed by atoms with E-state index in [4.69, 9.17) is 5.11 Å². The zero-order chi connectivity index (χ0) is 11.5.